The molecule has 0 saturated carbocycles. The lowest BCUT2D eigenvalue weighted by molar-refractivity contribution is -0.134. The molecular formula is C27H30ClFN2O. The SMILES string of the molecule is CCC(C)C(=O)N1CC[C@H](/C=C(/Cc2ccc(C#N)c(Cl)c2)Cc2cc(F)ccc2C)C1. The molecule has 0 radical (unpaired) electrons. The van der Waals surface area contributed by atoms with Gasteiger partial charge in [-0.25, -0.2) is 4.39 Å². The largest absolute Gasteiger partial charge is 0.342 e. The number of amides is 1. The number of nitriles is 1. The molecule has 1 fully saturated rings. The molecule has 1 unspecified atom stereocenters. The Morgan fingerprint density at radius 1 is 1.31 bits per heavy atom. The second kappa shape index (κ2) is 10.8. The quantitative estimate of drug-likeness (QED) is 0.465. The molecular weight excluding hydrogens is 423 g/mol. The molecule has 1 saturated heterocycles. The summed E-state index contributed by atoms with van der Waals surface area (Å²) in [6, 6.07) is 12.5. The van der Waals surface area contributed by atoms with Gasteiger partial charge in [0.2, 0.25) is 5.91 Å². The molecule has 2 aromatic rings. The summed E-state index contributed by atoms with van der Waals surface area (Å²) >= 11 is 6.25. The van der Waals surface area contributed by atoms with Crippen molar-refractivity contribution >= 4 is 17.5 Å². The molecule has 3 nitrogen and oxygen atoms in total. The zero-order chi connectivity index (χ0) is 23.3. The lowest BCUT2D eigenvalue weighted by Gasteiger charge is -2.20. The molecule has 3 rings (SSSR count). The number of likely N-dealkylation sites (tertiary alicyclic amines) is 1. The van der Waals surface area contributed by atoms with Crippen molar-refractivity contribution in [2.45, 2.75) is 46.5 Å². The van der Waals surface area contributed by atoms with Crippen molar-refractivity contribution in [3.8, 4) is 6.07 Å². The number of allylic oxidation sites excluding steroid dienone is 1. The highest BCUT2D eigenvalue weighted by Gasteiger charge is 2.27. The number of hydrogen-bond acceptors (Lipinski definition) is 2. The second-order valence-electron chi connectivity index (χ2n) is 8.82. The fourth-order valence-electron chi connectivity index (χ4n) is 4.22. The summed E-state index contributed by atoms with van der Waals surface area (Å²) in [7, 11) is 0. The Morgan fingerprint density at radius 2 is 2.09 bits per heavy atom. The number of halogens is 2. The first-order valence-electron chi connectivity index (χ1n) is 11.2. The summed E-state index contributed by atoms with van der Waals surface area (Å²) in [4.78, 5) is 14.6. The minimum absolute atomic E-state index is 0.0490. The molecule has 0 N–H and O–H groups in total. The van der Waals surface area contributed by atoms with E-state index in [1.807, 2.05) is 43.9 Å². The molecule has 168 valence electrons. The summed E-state index contributed by atoms with van der Waals surface area (Å²) in [5, 5.41) is 9.59. The van der Waals surface area contributed by atoms with Gasteiger partial charge in [-0.2, -0.15) is 5.26 Å². The van der Waals surface area contributed by atoms with Gasteiger partial charge in [-0.15, -0.1) is 0 Å². The predicted octanol–water partition coefficient (Wildman–Crippen LogP) is 6.27. The van der Waals surface area contributed by atoms with Crippen molar-refractivity contribution in [2.24, 2.45) is 11.8 Å². The van der Waals surface area contributed by atoms with Gasteiger partial charge >= 0.3 is 0 Å². The van der Waals surface area contributed by atoms with E-state index in [-0.39, 0.29) is 23.6 Å². The highest BCUT2D eigenvalue weighted by Crippen LogP contribution is 2.26. The average molecular weight is 453 g/mol. The molecule has 2 aromatic carbocycles. The molecule has 1 amide bonds. The predicted molar refractivity (Wildman–Crippen MR) is 127 cm³/mol. The number of nitrogens with zero attached hydrogens (tertiary/aromatic N) is 2. The Hall–Kier alpha value is -2.64. The van der Waals surface area contributed by atoms with Crippen molar-refractivity contribution in [2.75, 3.05) is 13.1 Å². The van der Waals surface area contributed by atoms with Gasteiger partial charge in [0.1, 0.15) is 11.9 Å². The van der Waals surface area contributed by atoms with Crippen LogP contribution in [0.25, 0.3) is 0 Å². The van der Waals surface area contributed by atoms with Crippen LogP contribution in [0, 0.1) is 35.9 Å². The van der Waals surface area contributed by atoms with Gasteiger partial charge < -0.3 is 4.90 Å². The normalized spacial score (nSPS) is 17.3. The third kappa shape index (κ3) is 5.99. The number of carbonyl (C=O) groups excluding carboxylic acids is 1. The van der Waals surface area contributed by atoms with E-state index < -0.39 is 0 Å². The summed E-state index contributed by atoms with van der Waals surface area (Å²) in [5.41, 5.74) is 4.65. The van der Waals surface area contributed by atoms with Crippen LogP contribution in [-0.4, -0.2) is 23.9 Å². The second-order valence-corrected chi connectivity index (χ2v) is 9.22. The van der Waals surface area contributed by atoms with Crippen molar-refractivity contribution in [1.82, 2.24) is 4.90 Å². The number of hydrogen-bond donors (Lipinski definition) is 0. The first kappa shape index (κ1) is 24.0. The molecule has 1 aliphatic heterocycles. The van der Waals surface area contributed by atoms with Gasteiger partial charge in [0.15, 0.2) is 0 Å². The summed E-state index contributed by atoms with van der Waals surface area (Å²) in [5.74, 6) is 0.316. The summed E-state index contributed by atoms with van der Waals surface area (Å²) in [6.07, 6.45) is 5.34. The van der Waals surface area contributed by atoms with Crippen LogP contribution in [0.2, 0.25) is 5.02 Å². The lowest BCUT2D eigenvalue weighted by Crippen LogP contribution is -2.32. The summed E-state index contributed by atoms with van der Waals surface area (Å²) in [6.45, 7) is 7.52. The van der Waals surface area contributed by atoms with Crippen LogP contribution in [-0.2, 0) is 17.6 Å². The Morgan fingerprint density at radius 3 is 2.78 bits per heavy atom. The third-order valence-corrected chi connectivity index (χ3v) is 6.67. The topological polar surface area (TPSA) is 44.1 Å². The van der Waals surface area contributed by atoms with Gasteiger partial charge in [-0.1, -0.05) is 49.2 Å². The van der Waals surface area contributed by atoms with Gasteiger partial charge in [-0.05, 0) is 79.5 Å². The van der Waals surface area contributed by atoms with Crippen LogP contribution < -0.4 is 0 Å². The van der Waals surface area contributed by atoms with Crippen LogP contribution in [0.3, 0.4) is 0 Å². The molecule has 5 heteroatoms. The Labute approximate surface area is 195 Å². The smallest absolute Gasteiger partial charge is 0.225 e. The van der Waals surface area contributed by atoms with E-state index in [4.69, 9.17) is 16.9 Å². The first-order chi connectivity index (χ1) is 15.3. The third-order valence-electron chi connectivity index (χ3n) is 6.36. The summed E-state index contributed by atoms with van der Waals surface area (Å²) < 4.78 is 13.9. The molecule has 0 bridgehead atoms. The van der Waals surface area contributed by atoms with Crippen molar-refractivity contribution < 1.29 is 9.18 Å². The number of aryl methyl sites for hydroxylation is 1. The van der Waals surface area contributed by atoms with Crippen molar-refractivity contribution in [3.05, 3.63) is 81.1 Å². The molecule has 32 heavy (non-hydrogen) atoms. The maximum Gasteiger partial charge on any atom is 0.225 e. The Balaban J connectivity index is 1.85. The van der Waals surface area contributed by atoms with E-state index in [0.717, 1.165) is 42.6 Å². The molecule has 0 aromatic heterocycles. The monoisotopic (exact) mass is 452 g/mol. The standard InChI is InChI=1S/C27H30ClFN2O/c1-4-18(2)27(32)31-10-9-21(17-31)12-22(13-24-15-25(29)8-5-19(24)3)11-20-6-7-23(16-30)26(28)14-20/h5-8,12,14-15,18,21H,4,9-11,13,17H2,1-3H3/b22-12-/t18?,21-/m1/s1. The van der Waals surface area contributed by atoms with E-state index in [1.165, 1.54) is 11.6 Å². The minimum atomic E-state index is -0.238. The fraction of sp³-hybridized carbons (Fsp3) is 0.407. The van der Waals surface area contributed by atoms with E-state index in [2.05, 4.69) is 12.1 Å². The van der Waals surface area contributed by atoms with Crippen LogP contribution in [0.4, 0.5) is 4.39 Å². The Kier molecular flexibility index (Phi) is 8.10. The van der Waals surface area contributed by atoms with Gasteiger partial charge in [0.25, 0.3) is 0 Å². The zero-order valence-electron chi connectivity index (χ0n) is 19.0. The minimum Gasteiger partial charge on any atom is -0.342 e. The highest BCUT2D eigenvalue weighted by molar-refractivity contribution is 6.31. The first-order valence-corrected chi connectivity index (χ1v) is 11.6. The molecule has 1 aliphatic rings. The van der Waals surface area contributed by atoms with Gasteiger partial charge in [0, 0.05) is 19.0 Å². The van der Waals surface area contributed by atoms with Gasteiger partial charge in [0.05, 0.1) is 10.6 Å². The zero-order valence-corrected chi connectivity index (χ0v) is 19.8. The van der Waals surface area contributed by atoms with Crippen LogP contribution in [0.1, 0.15) is 48.9 Å². The van der Waals surface area contributed by atoms with Crippen molar-refractivity contribution in [3.63, 3.8) is 0 Å². The van der Waals surface area contributed by atoms with Crippen LogP contribution in [0.15, 0.2) is 48.0 Å². The van der Waals surface area contributed by atoms with Gasteiger partial charge in [-0.3, -0.25) is 4.79 Å². The number of benzene rings is 2. The maximum absolute atomic E-state index is 13.9. The van der Waals surface area contributed by atoms with E-state index >= 15 is 0 Å². The number of rotatable bonds is 7. The average Bonchev–Trinajstić information content (AvgIpc) is 3.23. The molecule has 0 spiro atoms. The Bertz CT molecular complexity index is 1060. The van der Waals surface area contributed by atoms with E-state index in [0.29, 0.717) is 23.4 Å². The fourth-order valence-corrected chi connectivity index (χ4v) is 4.47. The van der Waals surface area contributed by atoms with Crippen LogP contribution >= 0.6 is 11.6 Å². The number of carbonyl (C=O) groups is 1. The van der Waals surface area contributed by atoms with Crippen LogP contribution in [0.5, 0.6) is 0 Å². The molecule has 1 heterocycles. The van der Waals surface area contributed by atoms with Crippen molar-refractivity contribution in [1.29, 1.82) is 5.26 Å². The molecule has 2 atom stereocenters. The van der Waals surface area contributed by atoms with E-state index in [1.54, 1.807) is 12.1 Å². The highest BCUT2D eigenvalue weighted by atomic mass is 35.5. The molecule has 0 aliphatic carbocycles. The maximum atomic E-state index is 13.9. The van der Waals surface area contributed by atoms with E-state index in [9.17, 15) is 9.18 Å². The lowest BCUT2D eigenvalue weighted by atomic mass is 9.92.